The van der Waals surface area contributed by atoms with E-state index in [1.807, 2.05) is 23.0 Å². The second-order valence-corrected chi connectivity index (χ2v) is 7.15. The minimum atomic E-state index is -5.08. The molecule has 1 unspecified atom stereocenters. The third kappa shape index (κ3) is 5.63. The summed E-state index contributed by atoms with van der Waals surface area (Å²) in [4.78, 5) is 20.0. The molecule has 172 valence electrons. The smallest absolute Gasteiger partial charge is 0.490 e. The Labute approximate surface area is 182 Å². The van der Waals surface area contributed by atoms with Crippen LogP contribution >= 0.6 is 0 Å². The van der Waals surface area contributed by atoms with Gasteiger partial charge in [0.25, 0.3) is 0 Å². The van der Waals surface area contributed by atoms with Gasteiger partial charge in [0, 0.05) is 19.6 Å². The van der Waals surface area contributed by atoms with Crippen molar-refractivity contribution in [3.05, 3.63) is 60.2 Å². The average Bonchev–Trinajstić information content (AvgIpc) is 3.41. The molecule has 1 aliphatic rings. The average molecular weight is 452 g/mol. The SMILES string of the molecule is COc1ccc(CN2CCn3c(Cn4cncn4)cnc3C2C)cc1.O=C(O)C(F)(F)F. The van der Waals surface area contributed by atoms with Gasteiger partial charge in [-0.3, -0.25) is 4.90 Å². The zero-order valence-corrected chi connectivity index (χ0v) is 17.5. The van der Waals surface area contributed by atoms with Gasteiger partial charge >= 0.3 is 12.1 Å². The van der Waals surface area contributed by atoms with Crippen molar-refractivity contribution in [2.24, 2.45) is 0 Å². The van der Waals surface area contributed by atoms with Gasteiger partial charge in [-0.15, -0.1) is 0 Å². The Morgan fingerprint density at radius 3 is 2.47 bits per heavy atom. The predicted molar refractivity (Wildman–Crippen MR) is 107 cm³/mol. The molecule has 1 N–H and O–H groups in total. The second-order valence-electron chi connectivity index (χ2n) is 7.15. The lowest BCUT2D eigenvalue weighted by Crippen LogP contribution is -2.37. The molecule has 2 aromatic heterocycles. The van der Waals surface area contributed by atoms with Crippen molar-refractivity contribution in [2.45, 2.75) is 38.8 Å². The molecule has 0 amide bonds. The number of carboxylic acids is 1. The van der Waals surface area contributed by atoms with Gasteiger partial charge in [0.15, 0.2) is 0 Å². The molecule has 1 aromatic carbocycles. The summed E-state index contributed by atoms with van der Waals surface area (Å²) in [6.07, 6.45) is 0.180. The molecule has 0 aliphatic carbocycles. The largest absolute Gasteiger partial charge is 0.497 e. The first kappa shape index (κ1) is 23.3. The topological polar surface area (TPSA) is 98.3 Å². The highest BCUT2D eigenvalue weighted by molar-refractivity contribution is 5.73. The number of hydrogen-bond donors (Lipinski definition) is 1. The van der Waals surface area contributed by atoms with Gasteiger partial charge in [0.1, 0.15) is 24.2 Å². The van der Waals surface area contributed by atoms with Gasteiger partial charge in [-0.2, -0.15) is 18.3 Å². The van der Waals surface area contributed by atoms with E-state index in [0.29, 0.717) is 6.54 Å². The van der Waals surface area contributed by atoms with Crippen LogP contribution in [0.1, 0.15) is 30.0 Å². The van der Waals surface area contributed by atoms with Gasteiger partial charge in [-0.25, -0.2) is 19.4 Å². The quantitative estimate of drug-likeness (QED) is 0.636. The van der Waals surface area contributed by atoms with E-state index >= 15 is 0 Å². The highest BCUT2D eigenvalue weighted by Gasteiger charge is 2.38. The summed E-state index contributed by atoms with van der Waals surface area (Å²) in [5.41, 5.74) is 2.46. The Morgan fingerprint density at radius 1 is 1.22 bits per heavy atom. The highest BCUT2D eigenvalue weighted by atomic mass is 19.4. The summed E-state index contributed by atoms with van der Waals surface area (Å²) in [5, 5.41) is 11.3. The van der Waals surface area contributed by atoms with Crippen LogP contribution in [0.2, 0.25) is 0 Å². The molecule has 4 rings (SSSR count). The van der Waals surface area contributed by atoms with E-state index < -0.39 is 12.1 Å². The van der Waals surface area contributed by atoms with E-state index in [-0.39, 0.29) is 6.04 Å². The zero-order valence-electron chi connectivity index (χ0n) is 17.5. The van der Waals surface area contributed by atoms with Crippen molar-refractivity contribution in [1.29, 1.82) is 0 Å². The normalized spacial score (nSPS) is 16.1. The molecule has 1 atom stereocenters. The molecule has 0 spiro atoms. The zero-order chi connectivity index (χ0) is 23.3. The van der Waals surface area contributed by atoms with Crippen molar-refractivity contribution in [1.82, 2.24) is 29.2 Å². The number of benzene rings is 1. The molecule has 3 heterocycles. The van der Waals surface area contributed by atoms with Crippen LogP contribution < -0.4 is 4.74 Å². The summed E-state index contributed by atoms with van der Waals surface area (Å²) in [6, 6.07) is 8.56. The van der Waals surface area contributed by atoms with Crippen LogP contribution in [0.3, 0.4) is 0 Å². The number of rotatable bonds is 5. The van der Waals surface area contributed by atoms with Gasteiger partial charge in [-0.05, 0) is 24.6 Å². The van der Waals surface area contributed by atoms with Crippen LogP contribution in [-0.2, 0) is 24.4 Å². The van der Waals surface area contributed by atoms with Crippen LogP contribution in [-0.4, -0.2) is 60.1 Å². The van der Waals surface area contributed by atoms with Crippen LogP contribution in [0, 0.1) is 0 Å². The summed E-state index contributed by atoms with van der Waals surface area (Å²) in [6.45, 7) is 5.79. The van der Waals surface area contributed by atoms with Crippen LogP contribution in [0.5, 0.6) is 5.75 Å². The van der Waals surface area contributed by atoms with Gasteiger partial charge in [-0.1, -0.05) is 12.1 Å². The van der Waals surface area contributed by atoms with E-state index in [9.17, 15) is 13.2 Å². The Kier molecular flexibility index (Phi) is 7.13. The molecule has 0 fully saturated rings. The maximum atomic E-state index is 10.6. The summed E-state index contributed by atoms with van der Waals surface area (Å²) in [5.74, 6) is -0.744. The number of nitrogens with zero attached hydrogens (tertiary/aromatic N) is 6. The molecular formula is C20H23F3N6O3. The molecule has 3 aromatic rings. The number of carbonyl (C=O) groups is 1. The van der Waals surface area contributed by atoms with Crippen LogP contribution in [0.4, 0.5) is 13.2 Å². The first-order chi connectivity index (χ1) is 15.2. The second kappa shape index (κ2) is 9.81. The van der Waals surface area contributed by atoms with Crippen molar-refractivity contribution >= 4 is 5.97 Å². The number of carboxylic acid groups (broad SMARTS) is 1. The van der Waals surface area contributed by atoms with Crippen LogP contribution in [0.15, 0.2) is 43.1 Å². The molecule has 12 heteroatoms. The molecular weight excluding hydrogens is 429 g/mol. The van der Waals surface area contributed by atoms with Crippen LogP contribution in [0.25, 0.3) is 0 Å². The predicted octanol–water partition coefficient (Wildman–Crippen LogP) is 2.74. The fourth-order valence-electron chi connectivity index (χ4n) is 3.39. The van der Waals surface area contributed by atoms with E-state index in [4.69, 9.17) is 14.6 Å². The Bertz CT molecular complexity index is 1020. The lowest BCUT2D eigenvalue weighted by atomic mass is 10.1. The number of imidazole rings is 1. The van der Waals surface area contributed by atoms with Crippen molar-refractivity contribution in [2.75, 3.05) is 13.7 Å². The monoisotopic (exact) mass is 452 g/mol. The third-order valence-corrected chi connectivity index (χ3v) is 5.08. The van der Waals surface area contributed by atoms with Crippen molar-refractivity contribution < 1.29 is 27.8 Å². The number of aliphatic carboxylic acids is 1. The van der Waals surface area contributed by atoms with Gasteiger partial charge in [0.2, 0.25) is 0 Å². The first-order valence-corrected chi connectivity index (χ1v) is 9.73. The summed E-state index contributed by atoms with van der Waals surface area (Å²) >= 11 is 0. The molecule has 9 nitrogen and oxygen atoms in total. The minimum Gasteiger partial charge on any atom is -0.497 e. The van der Waals surface area contributed by atoms with E-state index in [1.165, 1.54) is 11.3 Å². The molecule has 1 aliphatic heterocycles. The lowest BCUT2D eigenvalue weighted by Gasteiger charge is -2.34. The Hall–Kier alpha value is -3.41. The number of methoxy groups -OCH3 is 1. The lowest BCUT2D eigenvalue weighted by molar-refractivity contribution is -0.192. The van der Waals surface area contributed by atoms with E-state index in [2.05, 4.69) is 43.6 Å². The number of alkyl halides is 3. The number of fused-ring (bicyclic) bond motifs is 1. The number of aromatic nitrogens is 5. The summed E-state index contributed by atoms with van der Waals surface area (Å²) < 4.78 is 41.1. The van der Waals surface area contributed by atoms with Crippen molar-refractivity contribution in [3.63, 3.8) is 0 Å². The number of ether oxygens (including phenoxy) is 1. The Morgan fingerprint density at radius 2 is 1.91 bits per heavy atom. The maximum absolute atomic E-state index is 10.6. The third-order valence-electron chi connectivity index (χ3n) is 5.08. The van der Waals surface area contributed by atoms with E-state index in [0.717, 1.165) is 31.2 Å². The molecule has 0 bridgehead atoms. The highest BCUT2D eigenvalue weighted by Crippen LogP contribution is 2.27. The Balaban J connectivity index is 0.000000360. The minimum absolute atomic E-state index is 0.278. The molecule has 32 heavy (non-hydrogen) atoms. The number of hydrogen-bond acceptors (Lipinski definition) is 6. The van der Waals surface area contributed by atoms with E-state index in [1.54, 1.807) is 19.8 Å². The molecule has 0 saturated carbocycles. The van der Waals surface area contributed by atoms with Crippen molar-refractivity contribution in [3.8, 4) is 5.75 Å². The fourth-order valence-corrected chi connectivity index (χ4v) is 3.39. The standard InChI is InChI=1S/C18H22N6O.C2HF3O2/c1-14-18-20-9-16(11-23-13-19-12-21-23)24(18)8-7-22(14)10-15-3-5-17(25-2)6-4-15;3-2(4,5)1(6)7/h3-6,9,12-14H,7-8,10-11H2,1-2H3;(H,6,7). The maximum Gasteiger partial charge on any atom is 0.490 e. The van der Waals surface area contributed by atoms with Gasteiger partial charge in [0.05, 0.1) is 31.6 Å². The van der Waals surface area contributed by atoms with Gasteiger partial charge < -0.3 is 14.4 Å². The molecule has 0 saturated heterocycles. The number of halogens is 3. The molecule has 0 radical (unpaired) electrons. The fraction of sp³-hybridized carbons (Fsp3) is 0.400. The summed E-state index contributed by atoms with van der Waals surface area (Å²) in [7, 11) is 1.69. The first-order valence-electron chi connectivity index (χ1n) is 9.73.